The summed E-state index contributed by atoms with van der Waals surface area (Å²) in [6, 6.07) is 5.33. The minimum absolute atomic E-state index is 0.0305. The van der Waals surface area contributed by atoms with Gasteiger partial charge in [-0.1, -0.05) is 28.1 Å². The van der Waals surface area contributed by atoms with Crippen LogP contribution < -0.4 is 10.5 Å². The van der Waals surface area contributed by atoms with Crippen LogP contribution in [-0.2, 0) is 9.53 Å². The van der Waals surface area contributed by atoms with Gasteiger partial charge in [-0.3, -0.25) is 4.79 Å². The zero-order valence-corrected chi connectivity index (χ0v) is 13.2. The van der Waals surface area contributed by atoms with E-state index in [9.17, 15) is 4.79 Å². The summed E-state index contributed by atoms with van der Waals surface area (Å²) < 4.78 is 11.6. The quantitative estimate of drug-likeness (QED) is 0.822. The van der Waals surface area contributed by atoms with E-state index in [4.69, 9.17) is 27.4 Å². The summed E-state index contributed by atoms with van der Waals surface area (Å²) in [5.41, 5.74) is 6.27. The Hall–Kier alpha value is -1.18. The molecule has 1 aliphatic rings. The molecule has 108 valence electrons. The van der Waals surface area contributed by atoms with Crippen molar-refractivity contribution < 1.29 is 14.3 Å². The Bertz CT molecular complexity index is 518. The lowest BCUT2D eigenvalue weighted by Crippen LogP contribution is -2.43. The Morgan fingerprint density at radius 3 is 2.80 bits per heavy atom. The monoisotopic (exact) mass is 358 g/mol. The van der Waals surface area contributed by atoms with Crippen molar-refractivity contribution in [1.29, 1.82) is 0 Å². The molecule has 0 aliphatic carbocycles. The first-order valence-electron chi connectivity index (χ1n) is 6.15. The molecule has 2 rings (SSSR count). The van der Waals surface area contributed by atoms with Crippen molar-refractivity contribution in [2.75, 3.05) is 32.9 Å². The van der Waals surface area contributed by atoms with Gasteiger partial charge in [0.1, 0.15) is 10.7 Å². The van der Waals surface area contributed by atoms with E-state index in [2.05, 4.69) is 15.9 Å². The van der Waals surface area contributed by atoms with Crippen molar-refractivity contribution in [2.45, 2.75) is 0 Å². The van der Waals surface area contributed by atoms with Gasteiger partial charge >= 0.3 is 0 Å². The Morgan fingerprint density at radius 2 is 2.15 bits per heavy atom. The Morgan fingerprint density at radius 1 is 1.45 bits per heavy atom. The van der Waals surface area contributed by atoms with Crippen molar-refractivity contribution >= 4 is 39.0 Å². The Balaban J connectivity index is 1.99. The number of rotatable bonds is 4. The highest BCUT2D eigenvalue weighted by Crippen LogP contribution is 2.23. The molecule has 1 fully saturated rings. The molecule has 0 atom stereocenters. The van der Waals surface area contributed by atoms with E-state index in [1.54, 1.807) is 17.0 Å². The minimum atomic E-state index is -0.0647. The van der Waals surface area contributed by atoms with Crippen LogP contribution in [0.1, 0.15) is 5.56 Å². The maximum Gasteiger partial charge on any atom is 0.260 e. The summed E-state index contributed by atoms with van der Waals surface area (Å²) in [5, 5.41) is 0. The van der Waals surface area contributed by atoms with E-state index in [1.807, 2.05) is 6.07 Å². The van der Waals surface area contributed by atoms with E-state index in [0.717, 1.165) is 4.47 Å². The first kappa shape index (κ1) is 15.2. The van der Waals surface area contributed by atoms with Gasteiger partial charge in [0.05, 0.1) is 18.8 Å². The summed E-state index contributed by atoms with van der Waals surface area (Å²) in [6.07, 6.45) is 0. The van der Waals surface area contributed by atoms with Crippen molar-refractivity contribution in [3.8, 4) is 5.75 Å². The number of hydrogen-bond donors (Lipinski definition) is 1. The topological polar surface area (TPSA) is 64.8 Å². The first-order chi connectivity index (χ1) is 9.58. The second-order valence-corrected chi connectivity index (χ2v) is 5.64. The van der Waals surface area contributed by atoms with E-state index < -0.39 is 0 Å². The molecule has 2 N–H and O–H groups in total. The standard InChI is InChI=1S/C13H15BrN2O3S/c14-9-1-2-11(10(7-9)13(15)20)19-8-12(17)16-3-5-18-6-4-16/h1-2,7H,3-6,8H2,(H2,15,20). The minimum Gasteiger partial charge on any atom is -0.483 e. The van der Waals surface area contributed by atoms with Gasteiger partial charge in [-0.2, -0.15) is 0 Å². The average Bonchev–Trinajstić information content (AvgIpc) is 2.46. The predicted octanol–water partition coefficient (Wildman–Crippen LogP) is 1.32. The number of carbonyl (C=O) groups excluding carboxylic acids is 1. The first-order valence-corrected chi connectivity index (χ1v) is 7.35. The lowest BCUT2D eigenvalue weighted by molar-refractivity contribution is -0.137. The predicted molar refractivity (Wildman–Crippen MR) is 82.9 cm³/mol. The van der Waals surface area contributed by atoms with Gasteiger partial charge in [0.2, 0.25) is 0 Å². The SMILES string of the molecule is NC(=S)c1cc(Br)ccc1OCC(=O)N1CCOCC1. The molecule has 0 aromatic heterocycles. The van der Waals surface area contributed by atoms with Crippen LogP contribution in [0.15, 0.2) is 22.7 Å². The molecule has 1 aromatic carbocycles. The van der Waals surface area contributed by atoms with Crippen LogP contribution in [0.3, 0.4) is 0 Å². The van der Waals surface area contributed by atoms with Crippen LogP contribution >= 0.6 is 28.1 Å². The number of nitrogens with two attached hydrogens (primary N) is 1. The van der Waals surface area contributed by atoms with E-state index >= 15 is 0 Å². The molecule has 0 saturated carbocycles. The smallest absolute Gasteiger partial charge is 0.260 e. The maximum absolute atomic E-state index is 12.0. The zero-order valence-electron chi connectivity index (χ0n) is 10.8. The second-order valence-electron chi connectivity index (χ2n) is 4.29. The third-order valence-electron chi connectivity index (χ3n) is 2.92. The zero-order chi connectivity index (χ0) is 14.5. The number of benzene rings is 1. The lowest BCUT2D eigenvalue weighted by atomic mass is 10.2. The molecular weight excluding hydrogens is 344 g/mol. The fraction of sp³-hybridized carbons (Fsp3) is 0.385. The van der Waals surface area contributed by atoms with E-state index in [-0.39, 0.29) is 17.5 Å². The number of nitrogens with zero attached hydrogens (tertiary/aromatic N) is 1. The lowest BCUT2D eigenvalue weighted by Gasteiger charge is -2.26. The molecule has 1 aliphatic heterocycles. The van der Waals surface area contributed by atoms with Gasteiger partial charge in [0, 0.05) is 17.6 Å². The summed E-state index contributed by atoms with van der Waals surface area (Å²) in [5.74, 6) is 0.451. The highest BCUT2D eigenvalue weighted by Gasteiger charge is 2.18. The van der Waals surface area contributed by atoms with Gasteiger partial charge in [0.25, 0.3) is 5.91 Å². The molecule has 7 heteroatoms. The van der Waals surface area contributed by atoms with Crippen molar-refractivity contribution in [1.82, 2.24) is 4.90 Å². The van der Waals surface area contributed by atoms with E-state index in [1.165, 1.54) is 0 Å². The number of morpholine rings is 1. The van der Waals surface area contributed by atoms with Crippen molar-refractivity contribution in [3.63, 3.8) is 0 Å². The third kappa shape index (κ3) is 3.91. The molecule has 5 nitrogen and oxygen atoms in total. The number of halogens is 1. The maximum atomic E-state index is 12.0. The third-order valence-corrected chi connectivity index (χ3v) is 3.64. The van der Waals surface area contributed by atoms with Crippen LogP contribution in [0.25, 0.3) is 0 Å². The summed E-state index contributed by atoms with van der Waals surface area (Å²) in [6.45, 7) is 2.32. The van der Waals surface area contributed by atoms with Crippen LogP contribution in [0.4, 0.5) is 0 Å². The van der Waals surface area contributed by atoms with Crippen molar-refractivity contribution in [3.05, 3.63) is 28.2 Å². The highest BCUT2D eigenvalue weighted by atomic mass is 79.9. The van der Waals surface area contributed by atoms with E-state index in [0.29, 0.717) is 37.6 Å². The molecule has 0 radical (unpaired) electrons. The molecule has 1 saturated heterocycles. The summed E-state index contributed by atoms with van der Waals surface area (Å²) >= 11 is 8.33. The molecule has 0 bridgehead atoms. The summed E-state index contributed by atoms with van der Waals surface area (Å²) in [7, 11) is 0. The van der Waals surface area contributed by atoms with Crippen molar-refractivity contribution in [2.24, 2.45) is 5.73 Å². The second kappa shape index (κ2) is 7.01. The van der Waals surface area contributed by atoms with Gasteiger partial charge in [-0.15, -0.1) is 0 Å². The van der Waals surface area contributed by atoms with Gasteiger partial charge in [-0.05, 0) is 18.2 Å². The van der Waals surface area contributed by atoms with Crippen LogP contribution in [0.5, 0.6) is 5.75 Å². The van der Waals surface area contributed by atoms with Crippen LogP contribution in [0, 0.1) is 0 Å². The Labute approximate surface area is 131 Å². The Kier molecular flexibility index (Phi) is 5.33. The fourth-order valence-corrected chi connectivity index (χ4v) is 2.38. The molecule has 0 unspecified atom stereocenters. The number of ether oxygens (including phenoxy) is 2. The molecule has 0 spiro atoms. The molecular formula is C13H15BrN2O3S. The fourth-order valence-electron chi connectivity index (χ4n) is 1.86. The number of amides is 1. The number of thiocarbonyl (C=S) groups is 1. The molecule has 1 aromatic rings. The van der Waals surface area contributed by atoms with Crippen LogP contribution in [0.2, 0.25) is 0 Å². The molecule has 1 heterocycles. The van der Waals surface area contributed by atoms with Gasteiger partial charge in [0.15, 0.2) is 6.61 Å². The van der Waals surface area contributed by atoms with Gasteiger partial charge < -0.3 is 20.1 Å². The number of hydrogen-bond acceptors (Lipinski definition) is 4. The molecule has 20 heavy (non-hydrogen) atoms. The van der Waals surface area contributed by atoms with Crippen LogP contribution in [-0.4, -0.2) is 48.7 Å². The summed E-state index contributed by atoms with van der Waals surface area (Å²) in [4.78, 5) is 14.0. The van der Waals surface area contributed by atoms with Gasteiger partial charge in [-0.25, -0.2) is 0 Å². The normalized spacial score (nSPS) is 14.9. The molecule has 1 amide bonds. The largest absolute Gasteiger partial charge is 0.483 e. The average molecular weight is 359 g/mol. The highest BCUT2D eigenvalue weighted by molar-refractivity contribution is 9.10. The number of carbonyl (C=O) groups is 1.